The molecule has 1 aliphatic rings. The number of nitrogens with zero attached hydrogens (tertiary/aromatic N) is 2. The Balaban J connectivity index is 1.46. The van der Waals surface area contributed by atoms with Gasteiger partial charge in [-0.05, 0) is 51.5 Å². The van der Waals surface area contributed by atoms with Crippen molar-refractivity contribution in [3.05, 3.63) is 75.5 Å². The van der Waals surface area contributed by atoms with E-state index in [2.05, 4.69) is 38.5 Å². The van der Waals surface area contributed by atoms with E-state index in [4.69, 9.17) is 4.74 Å². The number of benzene rings is 2. The van der Waals surface area contributed by atoms with Crippen LogP contribution in [0, 0.1) is 0 Å². The lowest BCUT2D eigenvalue weighted by molar-refractivity contribution is -0.139. The van der Waals surface area contributed by atoms with Crippen molar-refractivity contribution < 1.29 is 19.4 Å². The Morgan fingerprint density at radius 1 is 1.12 bits per heavy atom. The van der Waals surface area contributed by atoms with Gasteiger partial charge in [0.15, 0.2) is 0 Å². The van der Waals surface area contributed by atoms with Gasteiger partial charge in [0.25, 0.3) is 0 Å². The number of halogens is 1. The van der Waals surface area contributed by atoms with Gasteiger partial charge in [-0.1, -0.05) is 55.5 Å². The second-order valence-electron chi connectivity index (χ2n) is 7.94. The number of carboxylic acids is 1. The predicted octanol–water partition coefficient (Wildman–Crippen LogP) is 4.76. The predicted molar refractivity (Wildman–Crippen MR) is 128 cm³/mol. The van der Waals surface area contributed by atoms with Gasteiger partial charge in [-0.2, -0.15) is 5.10 Å². The normalized spacial score (nSPS) is 13.3. The number of rotatable bonds is 8. The van der Waals surface area contributed by atoms with Crippen molar-refractivity contribution in [2.24, 2.45) is 0 Å². The lowest BCUT2D eigenvalue weighted by atomic mass is 9.98. The first-order valence-electron chi connectivity index (χ1n) is 11.0. The summed E-state index contributed by atoms with van der Waals surface area (Å²) in [6.45, 7) is 4.66. The topological polar surface area (TPSA) is 93.5 Å². The molecule has 0 saturated heterocycles. The maximum Gasteiger partial charge on any atom is 0.407 e. The highest BCUT2D eigenvalue weighted by atomic mass is 79.9. The molecule has 2 N–H and O–H groups in total. The molecule has 7 nitrogen and oxygen atoms in total. The van der Waals surface area contributed by atoms with E-state index in [1.165, 1.54) is 0 Å². The van der Waals surface area contributed by atoms with Gasteiger partial charge < -0.3 is 15.2 Å². The van der Waals surface area contributed by atoms with Crippen LogP contribution in [0.3, 0.4) is 0 Å². The minimum absolute atomic E-state index is 0.0887. The molecule has 8 heteroatoms. The zero-order chi connectivity index (χ0) is 23.5. The summed E-state index contributed by atoms with van der Waals surface area (Å²) in [5.74, 6) is -1.22. The molecule has 0 spiro atoms. The maximum atomic E-state index is 12.6. The molecule has 1 amide bonds. The number of ether oxygens (including phenoxy) is 1. The van der Waals surface area contributed by atoms with Crippen LogP contribution in [-0.2, 0) is 28.9 Å². The lowest BCUT2D eigenvalue weighted by Crippen LogP contribution is -2.43. The van der Waals surface area contributed by atoms with Gasteiger partial charge in [-0.15, -0.1) is 0 Å². The molecule has 1 aromatic heterocycles. The molecule has 2 aromatic carbocycles. The van der Waals surface area contributed by atoms with Crippen LogP contribution in [0.5, 0.6) is 0 Å². The minimum Gasteiger partial charge on any atom is -0.480 e. The van der Waals surface area contributed by atoms with Crippen LogP contribution in [-0.4, -0.2) is 39.6 Å². The third kappa shape index (κ3) is 4.53. The number of aliphatic carboxylic acids is 1. The summed E-state index contributed by atoms with van der Waals surface area (Å²) in [5.41, 5.74) is 6.07. The van der Waals surface area contributed by atoms with Crippen LogP contribution in [0.1, 0.15) is 42.3 Å². The van der Waals surface area contributed by atoms with Gasteiger partial charge in [-0.25, -0.2) is 9.59 Å². The molecule has 1 aliphatic carbocycles. The fourth-order valence-corrected chi connectivity index (χ4v) is 5.11. The quantitative estimate of drug-likeness (QED) is 0.454. The number of aromatic nitrogens is 2. The number of amides is 1. The minimum atomic E-state index is -1.14. The third-order valence-corrected chi connectivity index (χ3v) is 6.94. The largest absolute Gasteiger partial charge is 0.480 e. The van der Waals surface area contributed by atoms with E-state index in [0.29, 0.717) is 6.54 Å². The molecule has 0 saturated carbocycles. The molecule has 3 aromatic rings. The average Bonchev–Trinajstić information content (AvgIpc) is 3.31. The van der Waals surface area contributed by atoms with Crippen molar-refractivity contribution >= 4 is 28.0 Å². The second-order valence-corrected chi connectivity index (χ2v) is 8.73. The van der Waals surface area contributed by atoms with Crippen LogP contribution in [0.4, 0.5) is 4.79 Å². The lowest BCUT2D eigenvalue weighted by Gasteiger charge is -2.18. The summed E-state index contributed by atoms with van der Waals surface area (Å²) in [7, 11) is 0. The highest BCUT2D eigenvalue weighted by Crippen LogP contribution is 2.44. The Morgan fingerprint density at radius 2 is 1.73 bits per heavy atom. The standard InChI is InChI=1S/C25H26BrN3O4/c1-3-20-23(26)22(29(4-2)28-20)13-21(24(30)31)27-25(32)33-14-19-17-11-7-5-9-15(17)16-10-6-8-12-18(16)19/h5-12,19,21H,3-4,13-14H2,1-2H3,(H,27,32)(H,30,31). The summed E-state index contributed by atoms with van der Waals surface area (Å²) in [5, 5.41) is 16.7. The van der Waals surface area contributed by atoms with Gasteiger partial charge >= 0.3 is 12.1 Å². The molecule has 172 valence electrons. The Bertz CT molecular complexity index is 1140. The summed E-state index contributed by atoms with van der Waals surface area (Å²) >= 11 is 3.53. The number of carboxylic acid groups (broad SMARTS) is 1. The first-order chi connectivity index (χ1) is 15.9. The van der Waals surface area contributed by atoms with Gasteiger partial charge in [0, 0.05) is 18.9 Å². The van der Waals surface area contributed by atoms with Crippen molar-refractivity contribution in [1.82, 2.24) is 15.1 Å². The van der Waals surface area contributed by atoms with Crippen molar-refractivity contribution in [2.75, 3.05) is 6.61 Å². The van der Waals surface area contributed by atoms with Crippen molar-refractivity contribution in [1.29, 1.82) is 0 Å². The van der Waals surface area contributed by atoms with E-state index in [0.717, 1.165) is 44.5 Å². The number of fused-ring (bicyclic) bond motifs is 3. The van der Waals surface area contributed by atoms with Crippen LogP contribution in [0.15, 0.2) is 53.0 Å². The van der Waals surface area contributed by atoms with E-state index in [1.807, 2.05) is 50.2 Å². The molecule has 0 aliphatic heterocycles. The zero-order valence-electron chi connectivity index (χ0n) is 18.5. The summed E-state index contributed by atoms with van der Waals surface area (Å²) in [4.78, 5) is 24.5. The number of hydrogen-bond acceptors (Lipinski definition) is 4. The highest BCUT2D eigenvalue weighted by Gasteiger charge is 2.30. The van der Waals surface area contributed by atoms with Crippen LogP contribution in [0.2, 0.25) is 0 Å². The number of carbonyl (C=O) groups is 2. The molecule has 1 unspecified atom stereocenters. The molecule has 1 heterocycles. The Hall–Kier alpha value is -3.13. The van der Waals surface area contributed by atoms with Gasteiger partial charge in [0.1, 0.15) is 12.6 Å². The van der Waals surface area contributed by atoms with E-state index >= 15 is 0 Å². The summed E-state index contributed by atoms with van der Waals surface area (Å²) < 4.78 is 8.07. The molecule has 33 heavy (non-hydrogen) atoms. The molecule has 4 rings (SSSR count). The van der Waals surface area contributed by atoms with E-state index in [1.54, 1.807) is 4.68 Å². The monoisotopic (exact) mass is 511 g/mol. The fourth-order valence-electron chi connectivity index (χ4n) is 4.39. The molecule has 1 atom stereocenters. The SMILES string of the molecule is CCc1nn(CC)c(CC(NC(=O)OCC2c3ccccc3-c3ccccc32)C(=O)O)c1Br. The van der Waals surface area contributed by atoms with Crippen LogP contribution >= 0.6 is 15.9 Å². The first kappa shape index (κ1) is 23.0. The van der Waals surface area contributed by atoms with Crippen molar-refractivity contribution in [3.63, 3.8) is 0 Å². The first-order valence-corrected chi connectivity index (χ1v) is 11.8. The number of hydrogen-bond donors (Lipinski definition) is 2. The van der Waals surface area contributed by atoms with Crippen molar-refractivity contribution in [2.45, 2.75) is 45.2 Å². The smallest absolute Gasteiger partial charge is 0.407 e. The molecule has 0 fully saturated rings. The summed E-state index contributed by atoms with van der Waals surface area (Å²) in [6.07, 6.45) is 0.0673. The van der Waals surface area contributed by atoms with E-state index in [9.17, 15) is 14.7 Å². The van der Waals surface area contributed by atoms with Crippen LogP contribution < -0.4 is 5.32 Å². The molecule has 0 bridgehead atoms. The maximum absolute atomic E-state index is 12.6. The Morgan fingerprint density at radius 3 is 2.27 bits per heavy atom. The fraction of sp³-hybridized carbons (Fsp3) is 0.320. The number of nitrogens with one attached hydrogen (secondary N) is 1. The third-order valence-electron chi connectivity index (χ3n) is 6.03. The van der Waals surface area contributed by atoms with E-state index < -0.39 is 18.1 Å². The highest BCUT2D eigenvalue weighted by molar-refractivity contribution is 9.10. The number of carbonyl (C=O) groups excluding carboxylic acids is 1. The summed E-state index contributed by atoms with van der Waals surface area (Å²) in [6, 6.07) is 15.0. The van der Waals surface area contributed by atoms with Gasteiger partial charge in [0.05, 0.1) is 15.9 Å². The Labute approximate surface area is 200 Å². The van der Waals surface area contributed by atoms with E-state index in [-0.39, 0.29) is 18.9 Å². The molecular formula is C25H26BrN3O4. The molecule has 0 radical (unpaired) electrons. The zero-order valence-corrected chi connectivity index (χ0v) is 20.1. The number of aryl methyl sites for hydroxylation is 2. The number of alkyl carbamates (subject to hydrolysis) is 1. The molecular weight excluding hydrogens is 486 g/mol. The van der Waals surface area contributed by atoms with Crippen LogP contribution in [0.25, 0.3) is 11.1 Å². The van der Waals surface area contributed by atoms with Crippen molar-refractivity contribution in [3.8, 4) is 11.1 Å². The average molecular weight is 512 g/mol. The van der Waals surface area contributed by atoms with Gasteiger partial charge in [-0.3, -0.25) is 4.68 Å². The van der Waals surface area contributed by atoms with Gasteiger partial charge in [0.2, 0.25) is 0 Å². The second kappa shape index (κ2) is 9.79. The Kier molecular flexibility index (Phi) is 6.83.